The van der Waals surface area contributed by atoms with Crippen LogP contribution in [-0.2, 0) is 20.1 Å². The van der Waals surface area contributed by atoms with Crippen molar-refractivity contribution in [1.82, 2.24) is 19.1 Å². The molecule has 1 radical (unpaired) electrons. The molecule has 3 aromatic heterocycles. The fourth-order valence-corrected chi connectivity index (χ4v) is 14.0. The molecular formula is C68H64IrN4OSi2-2. The van der Waals surface area contributed by atoms with E-state index in [1.165, 1.54) is 55.1 Å². The van der Waals surface area contributed by atoms with Crippen molar-refractivity contribution in [3.05, 3.63) is 217 Å². The fourth-order valence-electron chi connectivity index (χ4n) is 10.7. The summed E-state index contributed by atoms with van der Waals surface area (Å²) in [5, 5.41) is 5.16. The molecule has 5 nitrogen and oxygen atoms in total. The summed E-state index contributed by atoms with van der Waals surface area (Å²) in [6.45, 7) is 23.8. The predicted octanol–water partition coefficient (Wildman–Crippen LogP) is 17.6. The van der Waals surface area contributed by atoms with Crippen molar-refractivity contribution in [2.75, 3.05) is 0 Å². The Balaban J connectivity index is 0.000000172. The minimum atomic E-state index is -1.66. The minimum absolute atomic E-state index is 0. The van der Waals surface area contributed by atoms with Gasteiger partial charge in [0.1, 0.15) is 5.58 Å². The SMILES string of the molecule is CC(C)c1cc(-c2ccccc2)cc(C(C)C)c1-n1c(-c2[c-]ccc3c2oc2ccccc23)nc2ccccc21.C[Si](C)(C)c1cccc([Si](C)(C)C)c1-n1c(-c2[c-]ccc(-c3ccccc3)c2)nc2ccccc21.[Ir]. The van der Waals surface area contributed by atoms with Crippen molar-refractivity contribution in [2.24, 2.45) is 0 Å². The van der Waals surface area contributed by atoms with Gasteiger partial charge < -0.3 is 13.6 Å². The van der Waals surface area contributed by atoms with Gasteiger partial charge in [-0.3, -0.25) is 9.97 Å². The molecule has 8 heteroatoms. The monoisotopic (exact) mass is 1200 g/mol. The smallest absolute Gasteiger partial charge is 0.120 e. The molecule has 0 bridgehead atoms. The number of para-hydroxylation sites is 6. The fraction of sp³-hybridized carbons (Fsp3) is 0.176. The Kier molecular flexibility index (Phi) is 14.5. The van der Waals surface area contributed by atoms with Crippen molar-refractivity contribution in [3.8, 4) is 56.4 Å². The van der Waals surface area contributed by atoms with Crippen LogP contribution in [0.4, 0.5) is 0 Å². The molecule has 0 saturated carbocycles. The average Bonchev–Trinajstić information content (AvgIpc) is 4.17. The van der Waals surface area contributed by atoms with Gasteiger partial charge in [-0.25, -0.2) is 0 Å². The summed E-state index contributed by atoms with van der Waals surface area (Å²) >= 11 is 0. The van der Waals surface area contributed by atoms with E-state index >= 15 is 0 Å². The zero-order valence-corrected chi connectivity index (χ0v) is 49.6. The molecule has 12 aromatic rings. The topological polar surface area (TPSA) is 48.8 Å². The van der Waals surface area contributed by atoms with Crippen LogP contribution in [0.5, 0.6) is 0 Å². The number of furan rings is 1. The number of fused-ring (bicyclic) bond motifs is 5. The van der Waals surface area contributed by atoms with Crippen molar-refractivity contribution >= 4 is 70.5 Å². The van der Waals surface area contributed by atoms with Gasteiger partial charge in [0.05, 0.1) is 55.4 Å². The summed E-state index contributed by atoms with van der Waals surface area (Å²) in [7, 11) is -3.31. The van der Waals surface area contributed by atoms with Crippen LogP contribution in [0.3, 0.4) is 0 Å². The molecule has 0 N–H and O–H groups in total. The van der Waals surface area contributed by atoms with Crippen molar-refractivity contribution in [3.63, 3.8) is 0 Å². The van der Waals surface area contributed by atoms with E-state index in [1.807, 2.05) is 24.3 Å². The number of hydrogen-bond donors (Lipinski definition) is 0. The van der Waals surface area contributed by atoms with E-state index in [-0.39, 0.29) is 20.1 Å². The Labute approximate surface area is 463 Å². The van der Waals surface area contributed by atoms with Gasteiger partial charge in [-0.15, -0.1) is 53.6 Å². The molecule has 0 atom stereocenters. The molecule has 3 heterocycles. The Morgan fingerprint density at radius 1 is 0.447 bits per heavy atom. The van der Waals surface area contributed by atoms with Crippen LogP contribution in [0.1, 0.15) is 50.7 Å². The van der Waals surface area contributed by atoms with Gasteiger partial charge >= 0.3 is 0 Å². The van der Waals surface area contributed by atoms with Crippen molar-refractivity contribution in [2.45, 2.75) is 78.8 Å². The molecule has 0 amide bonds. The summed E-state index contributed by atoms with van der Waals surface area (Å²) in [5.41, 5.74) is 17.8. The van der Waals surface area contributed by atoms with E-state index in [4.69, 9.17) is 14.4 Å². The van der Waals surface area contributed by atoms with Crippen LogP contribution >= 0.6 is 0 Å². The normalized spacial score (nSPS) is 11.9. The molecule has 0 unspecified atom stereocenters. The molecule has 0 aliphatic rings. The number of aromatic nitrogens is 4. The van der Waals surface area contributed by atoms with Gasteiger partial charge in [0.15, 0.2) is 0 Å². The van der Waals surface area contributed by atoms with Crippen LogP contribution in [0.2, 0.25) is 39.3 Å². The van der Waals surface area contributed by atoms with Crippen molar-refractivity contribution in [1.29, 1.82) is 0 Å². The first-order chi connectivity index (χ1) is 36.2. The number of nitrogens with zero attached hydrogens (tertiary/aromatic N) is 4. The van der Waals surface area contributed by atoms with Gasteiger partial charge in [-0.1, -0.05) is 199 Å². The number of hydrogen-bond acceptors (Lipinski definition) is 3. The van der Waals surface area contributed by atoms with Gasteiger partial charge in [0, 0.05) is 36.9 Å². The number of imidazole rings is 2. The summed E-state index contributed by atoms with van der Waals surface area (Å²) < 4.78 is 11.3. The maximum Gasteiger partial charge on any atom is 0.120 e. The third kappa shape index (κ3) is 9.80. The van der Waals surface area contributed by atoms with Crippen LogP contribution in [0.25, 0.3) is 100 Å². The molecule has 381 valence electrons. The second-order valence-corrected chi connectivity index (χ2v) is 32.5. The van der Waals surface area contributed by atoms with Gasteiger partial charge in [-0.05, 0) is 92.5 Å². The van der Waals surface area contributed by atoms with E-state index in [2.05, 4.69) is 258 Å². The maximum atomic E-state index is 6.47. The first-order valence-corrected chi connectivity index (χ1v) is 33.4. The summed E-state index contributed by atoms with van der Waals surface area (Å²) in [6, 6.07) is 75.6. The maximum absolute atomic E-state index is 6.47. The minimum Gasteiger partial charge on any atom is -0.501 e. The first kappa shape index (κ1) is 52.3. The average molecular weight is 1200 g/mol. The van der Waals surface area contributed by atoms with Crippen LogP contribution in [0.15, 0.2) is 199 Å². The standard InChI is InChI=1S/C37H31N2O.C31H33N2Si2.Ir/c1-23(2)30-21-26(25-13-6-5-7-14-25)22-31(24(3)4)35(30)39-33-19-10-9-18-32(33)38-37(39)29-17-12-16-28-27-15-8-11-20-34(27)40-36(28)29;1-34(2,3)28-20-13-21-29(35(4,5)6)30(28)33-27-19-11-10-18-26(27)32-31(33)25-17-12-16-24(22-25)23-14-8-7-9-15-23;/h5-16,18-24H,1-4H3;7-16,18-22H,1-6H3;/q2*-1;. The number of benzene rings is 9. The van der Waals surface area contributed by atoms with E-state index in [9.17, 15) is 0 Å². The predicted molar refractivity (Wildman–Crippen MR) is 323 cm³/mol. The van der Waals surface area contributed by atoms with Gasteiger partial charge in [-0.2, -0.15) is 0 Å². The molecule has 0 aliphatic carbocycles. The molecule has 0 spiro atoms. The van der Waals surface area contributed by atoms with Gasteiger partial charge in [0.25, 0.3) is 0 Å². The Morgan fingerprint density at radius 3 is 1.53 bits per heavy atom. The summed E-state index contributed by atoms with van der Waals surface area (Å²) in [6.07, 6.45) is 0. The largest absolute Gasteiger partial charge is 0.501 e. The van der Waals surface area contributed by atoms with Crippen molar-refractivity contribution < 1.29 is 24.5 Å². The molecule has 9 aromatic carbocycles. The van der Waals surface area contributed by atoms with E-state index in [1.54, 1.807) is 0 Å². The molecule has 0 fully saturated rings. The summed E-state index contributed by atoms with van der Waals surface area (Å²) in [5.74, 6) is 2.42. The second-order valence-electron chi connectivity index (χ2n) is 22.5. The van der Waals surface area contributed by atoms with E-state index in [0.717, 1.165) is 66.8 Å². The molecular weight excluding hydrogens is 1140 g/mol. The Hall–Kier alpha value is -7.20. The molecule has 0 aliphatic heterocycles. The molecule has 0 saturated heterocycles. The quantitative estimate of drug-likeness (QED) is 0.101. The van der Waals surface area contributed by atoms with Gasteiger partial charge in [0.2, 0.25) is 0 Å². The second kappa shape index (κ2) is 21.1. The van der Waals surface area contributed by atoms with Crippen LogP contribution in [-0.4, -0.2) is 35.2 Å². The Morgan fingerprint density at radius 2 is 0.947 bits per heavy atom. The molecule has 76 heavy (non-hydrogen) atoms. The zero-order chi connectivity index (χ0) is 52.2. The zero-order valence-electron chi connectivity index (χ0n) is 45.2. The summed E-state index contributed by atoms with van der Waals surface area (Å²) in [4.78, 5) is 10.4. The number of rotatable bonds is 10. The third-order valence-electron chi connectivity index (χ3n) is 14.5. The first-order valence-electron chi connectivity index (χ1n) is 26.4. The third-order valence-corrected chi connectivity index (χ3v) is 18.5. The Bertz CT molecular complexity index is 3980. The molecule has 12 rings (SSSR count). The van der Waals surface area contributed by atoms with E-state index in [0.29, 0.717) is 11.8 Å². The van der Waals surface area contributed by atoms with E-state index < -0.39 is 16.1 Å². The van der Waals surface area contributed by atoms with Crippen LogP contribution in [0, 0.1) is 12.1 Å². The van der Waals surface area contributed by atoms with Crippen LogP contribution < -0.4 is 10.4 Å².